The van der Waals surface area contributed by atoms with Crippen molar-refractivity contribution in [2.24, 2.45) is 5.73 Å². The summed E-state index contributed by atoms with van der Waals surface area (Å²) in [6.45, 7) is 4.79. The molecule has 0 aliphatic rings. The SMILES string of the molecule is CCN(Cc1cccs1)Cc1cc(C(=N)N)ccc1OC. The largest absolute Gasteiger partial charge is 0.496 e. The maximum absolute atomic E-state index is 7.57. The normalized spacial score (nSPS) is 10.8. The molecule has 0 aliphatic heterocycles. The highest BCUT2D eigenvalue weighted by Crippen LogP contribution is 2.23. The summed E-state index contributed by atoms with van der Waals surface area (Å²) >= 11 is 1.77. The Kier molecular flexibility index (Phi) is 5.36. The number of ether oxygens (including phenoxy) is 1. The molecule has 0 aliphatic carbocycles. The first-order valence-corrected chi connectivity index (χ1v) is 7.78. The van der Waals surface area contributed by atoms with E-state index in [-0.39, 0.29) is 5.84 Å². The lowest BCUT2D eigenvalue weighted by atomic mass is 10.1. The van der Waals surface area contributed by atoms with Crippen LogP contribution in [0.4, 0.5) is 0 Å². The van der Waals surface area contributed by atoms with Crippen molar-refractivity contribution in [2.45, 2.75) is 20.0 Å². The van der Waals surface area contributed by atoms with Crippen LogP contribution in [0.25, 0.3) is 0 Å². The van der Waals surface area contributed by atoms with Gasteiger partial charge in [-0.15, -0.1) is 11.3 Å². The summed E-state index contributed by atoms with van der Waals surface area (Å²) in [7, 11) is 1.67. The van der Waals surface area contributed by atoms with Crippen LogP contribution < -0.4 is 10.5 Å². The number of benzene rings is 1. The molecule has 5 heteroatoms. The third kappa shape index (κ3) is 4.06. The van der Waals surface area contributed by atoms with Gasteiger partial charge in [-0.25, -0.2) is 0 Å². The third-order valence-corrected chi connectivity index (χ3v) is 4.25. The summed E-state index contributed by atoms with van der Waals surface area (Å²) < 4.78 is 5.43. The van der Waals surface area contributed by atoms with Crippen LogP contribution in [0.1, 0.15) is 22.9 Å². The third-order valence-electron chi connectivity index (χ3n) is 3.39. The molecule has 112 valence electrons. The molecule has 1 heterocycles. The summed E-state index contributed by atoms with van der Waals surface area (Å²) in [5.41, 5.74) is 7.37. The van der Waals surface area contributed by atoms with Crippen molar-refractivity contribution in [3.8, 4) is 5.75 Å². The van der Waals surface area contributed by atoms with Crippen LogP contribution in [0.3, 0.4) is 0 Å². The molecule has 0 saturated heterocycles. The highest BCUT2D eigenvalue weighted by Gasteiger charge is 2.11. The van der Waals surface area contributed by atoms with Gasteiger partial charge >= 0.3 is 0 Å². The molecule has 1 aromatic heterocycles. The van der Waals surface area contributed by atoms with E-state index in [1.165, 1.54) is 4.88 Å². The Hall–Kier alpha value is -1.85. The van der Waals surface area contributed by atoms with Gasteiger partial charge in [0.2, 0.25) is 0 Å². The molecule has 0 fully saturated rings. The van der Waals surface area contributed by atoms with Gasteiger partial charge in [0, 0.05) is 29.1 Å². The number of hydrogen-bond acceptors (Lipinski definition) is 4. The Labute approximate surface area is 129 Å². The topological polar surface area (TPSA) is 62.3 Å². The van der Waals surface area contributed by atoms with E-state index in [9.17, 15) is 0 Å². The second-order valence-electron chi connectivity index (χ2n) is 4.82. The molecule has 2 rings (SSSR count). The van der Waals surface area contributed by atoms with Crippen molar-refractivity contribution < 1.29 is 4.74 Å². The van der Waals surface area contributed by atoms with E-state index in [1.54, 1.807) is 18.4 Å². The van der Waals surface area contributed by atoms with Crippen LogP contribution in [0, 0.1) is 5.41 Å². The van der Waals surface area contributed by atoms with Crippen LogP contribution in [-0.4, -0.2) is 24.4 Å². The van der Waals surface area contributed by atoms with E-state index >= 15 is 0 Å². The molecule has 0 bridgehead atoms. The number of nitrogens with one attached hydrogen (secondary N) is 1. The van der Waals surface area contributed by atoms with Gasteiger partial charge in [0.1, 0.15) is 11.6 Å². The van der Waals surface area contributed by atoms with Crippen LogP contribution >= 0.6 is 11.3 Å². The van der Waals surface area contributed by atoms with E-state index in [1.807, 2.05) is 18.2 Å². The van der Waals surface area contributed by atoms with Gasteiger partial charge in [0.25, 0.3) is 0 Å². The van der Waals surface area contributed by atoms with Crippen molar-refractivity contribution >= 4 is 17.2 Å². The Balaban J connectivity index is 2.18. The molecule has 3 N–H and O–H groups in total. The maximum Gasteiger partial charge on any atom is 0.123 e. The minimum atomic E-state index is 0.0835. The number of hydrogen-bond donors (Lipinski definition) is 2. The predicted molar refractivity (Wildman–Crippen MR) is 88.1 cm³/mol. The minimum Gasteiger partial charge on any atom is -0.496 e. The fourth-order valence-corrected chi connectivity index (χ4v) is 2.96. The first-order valence-electron chi connectivity index (χ1n) is 6.90. The molecule has 0 radical (unpaired) electrons. The summed E-state index contributed by atoms with van der Waals surface area (Å²) in [6.07, 6.45) is 0. The monoisotopic (exact) mass is 303 g/mol. The van der Waals surface area contributed by atoms with Crippen LogP contribution in [-0.2, 0) is 13.1 Å². The van der Waals surface area contributed by atoms with Gasteiger partial charge in [0.15, 0.2) is 0 Å². The van der Waals surface area contributed by atoms with E-state index in [2.05, 4.69) is 29.3 Å². The van der Waals surface area contributed by atoms with Crippen molar-refractivity contribution in [2.75, 3.05) is 13.7 Å². The molecule has 0 unspecified atom stereocenters. The smallest absolute Gasteiger partial charge is 0.123 e. The van der Waals surface area contributed by atoms with Crippen molar-refractivity contribution in [3.05, 3.63) is 51.7 Å². The molecule has 1 aromatic carbocycles. The summed E-state index contributed by atoms with van der Waals surface area (Å²) in [4.78, 5) is 3.69. The highest BCUT2D eigenvalue weighted by atomic mass is 32.1. The molecular weight excluding hydrogens is 282 g/mol. The molecule has 0 saturated carbocycles. The van der Waals surface area contributed by atoms with Gasteiger partial charge in [-0.1, -0.05) is 13.0 Å². The molecule has 0 atom stereocenters. The highest BCUT2D eigenvalue weighted by molar-refractivity contribution is 7.09. The Morgan fingerprint density at radius 1 is 1.33 bits per heavy atom. The lowest BCUT2D eigenvalue weighted by Gasteiger charge is -2.21. The lowest BCUT2D eigenvalue weighted by Crippen LogP contribution is -2.22. The van der Waals surface area contributed by atoms with Gasteiger partial charge in [-0.3, -0.25) is 10.3 Å². The summed E-state index contributed by atoms with van der Waals surface area (Å²) in [6, 6.07) is 9.87. The number of amidine groups is 1. The number of nitrogens with zero attached hydrogens (tertiary/aromatic N) is 1. The number of methoxy groups -OCH3 is 1. The Bertz CT molecular complexity index is 596. The lowest BCUT2D eigenvalue weighted by molar-refractivity contribution is 0.268. The number of nitrogen functional groups attached to an aromatic ring is 1. The number of nitrogens with two attached hydrogens (primary N) is 1. The zero-order valence-corrected chi connectivity index (χ0v) is 13.2. The zero-order chi connectivity index (χ0) is 15.2. The van der Waals surface area contributed by atoms with Gasteiger partial charge in [0.05, 0.1) is 7.11 Å². The molecule has 0 amide bonds. The van der Waals surface area contributed by atoms with E-state index < -0.39 is 0 Å². The minimum absolute atomic E-state index is 0.0835. The van der Waals surface area contributed by atoms with Gasteiger partial charge < -0.3 is 10.5 Å². The molecule has 0 spiro atoms. The maximum atomic E-state index is 7.57. The van der Waals surface area contributed by atoms with Crippen LogP contribution in [0.5, 0.6) is 5.75 Å². The van der Waals surface area contributed by atoms with Crippen molar-refractivity contribution in [1.82, 2.24) is 4.90 Å². The van der Waals surface area contributed by atoms with Gasteiger partial charge in [-0.2, -0.15) is 0 Å². The van der Waals surface area contributed by atoms with Gasteiger partial charge in [-0.05, 0) is 36.2 Å². The van der Waals surface area contributed by atoms with E-state index in [0.717, 1.165) is 36.5 Å². The van der Waals surface area contributed by atoms with E-state index in [4.69, 9.17) is 15.9 Å². The zero-order valence-electron chi connectivity index (χ0n) is 12.4. The van der Waals surface area contributed by atoms with Crippen molar-refractivity contribution in [3.63, 3.8) is 0 Å². The molecule has 21 heavy (non-hydrogen) atoms. The quantitative estimate of drug-likeness (QED) is 0.610. The Morgan fingerprint density at radius 3 is 2.71 bits per heavy atom. The van der Waals surface area contributed by atoms with Crippen LogP contribution in [0.2, 0.25) is 0 Å². The van der Waals surface area contributed by atoms with Crippen molar-refractivity contribution in [1.29, 1.82) is 5.41 Å². The molecule has 2 aromatic rings. The second-order valence-corrected chi connectivity index (χ2v) is 5.86. The standard InChI is InChI=1S/C16H21N3OS/c1-3-19(11-14-5-4-8-21-14)10-13-9-12(16(17)18)6-7-15(13)20-2/h4-9H,3,10-11H2,1-2H3,(H3,17,18). The average molecular weight is 303 g/mol. The Morgan fingerprint density at radius 2 is 2.14 bits per heavy atom. The predicted octanol–water partition coefficient (Wildman–Crippen LogP) is 3.06. The fourth-order valence-electron chi connectivity index (χ4n) is 2.21. The van der Waals surface area contributed by atoms with Crippen LogP contribution in [0.15, 0.2) is 35.7 Å². The second kappa shape index (κ2) is 7.24. The first kappa shape index (κ1) is 15.5. The first-order chi connectivity index (χ1) is 10.1. The molecular formula is C16H21N3OS. The average Bonchev–Trinajstić information content (AvgIpc) is 2.99. The number of rotatable bonds is 7. The number of thiophene rings is 1. The fraction of sp³-hybridized carbons (Fsp3) is 0.312. The van der Waals surface area contributed by atoms with E-state index in [0.29, 0.717) is 0 Å². The molecule has 4 nitrogen and oxygen atoms in total. The summed E-state index contributed by atoms with van der Waals surface area (Å²) in [5.74, 6) is 0.921. The summed E-state index contributed by atoms with van der Waals surface area (Å²) in [5, 5.41) is 9.67.